The van der Waals surface area contributed by atoms with Gasteiger partial charge in [-0.1, -0.05) is 64.5 Å². The van der Waals surface area contributed by atoms with Crippen molar-refractivity contribution in [2.75, 3.05) is 4.72 Å². The molecule has 0 saturated heterocycles. The summed E-state index contributed by atoms with van der Waals surface area (Å²) in [5.41, 5.74) is 4.87. The molecular weight excluding hydrogens is 542 g/mol. The molecule has 0 bridgehead atoms. The fourth-order valence-electron chi connectivity index (χ4n) is 3.22. The van der Waals surface area contributed by atoms with Gasteiger partial charge in [0, 0.05) is 21.3 Å². The number of hydrogen-bond acceptors (Lipinski definition) is 5. The molecule has 0 aliphatic heterocycles. The van der Waals surface area contributed by atoms with Crippen molar-refractivity contribution in [3.8, 4) is 5.75 Å². The van der Waals surface area contributed by atoms with Gasteiger partial charge in [-0.3, -0.25) is 9.52 Å². The van der Waals surface area contributed by atoms with E-state index in [1.165, 1.54) is 42.6 Å². The Morgan fingerprint density at radius 2 is 1.56 bits per heavy atom. The predicted molar refractivity (Wildman–Crippen MR) is 144 cm³/mol. The normalized spacial score (nSPS) is 11.2. The Labute approximate surface area is 218 Å². The second-order valence-electron chi connectivity index (χ2n) is 7.65. The van der Waals surface area contributed by atoms with E-state index in [0.717, 1.165) is 10.0 Å². The van der Waals surface area contributed by atoms with Crippen LogP contribution in [-0.2, 0) is 16.6 Å². The molecular formula is C27H22BrN3O4S. The second-order valence-corrected chi connectivity index (χ2v) is 10.2. The summed E-state index contributed by atoms with van der Waals surface area (Å²) in [6.45, 7) is 0.399. The Kier molecular flexibility index (Phi) is 8.14. The molecule has 0 radical (unpaired) electrons. The lowest BCUT2D eigenvalue weighted by Gasteiger charge is -2.10. The molecule has 4 aromatic carbocycles. The zero-order chi connectivity index (χ0) is 25.4. The maximum atomic E-state index is 12.5. The largest absolute Gasteiger partial charge is 0.488 e. The number of hydrazone groups is 1. The van der Waals surface area contributed by atoms with Gasteiger partial charge in [0.2, 0.25) is 0 Å². The van der Waals surface area contributed by atoms with E-state index in [2.05, 4.69) is 31.2 Å². The van der Waals surface area contributed by atoms with Crippen LogP contribution in [0.5, 0.6) is 5.75 Å². The van der Waals surface area contributed by atoms with Crippen molar-refractivity contribution < 1.29 is 17.9 Å². The zero-order valence-electron chi connectivity index (χ0n) is 19.0. The van der Waals surface area contributed by atoms with Gasteiger partial charge >= 0.3 is 0 Å². The molecule has 0 aromatic heterocycles. The van der Waals surface area contributed by atoms with Gasteiger partial charge in [0.25, 0.3) is 15.9 Å². The van der Waals surface area contributed by atoms with Gasteiger partial charge in [0.05, 0.1) is 11.1 Å². The van der Waals surface area contributed by atoms with E-state index in [4.69, 9.17) is 4.74 Å². The van der Waals surface area contributed by atoms with Crippen LogP contribution in [0.4, 0.5) is 5.69 Å². The Morgan fingerprint density at radius 1 is 0.889 bits per heavy atom. The number of ether oxygens (including phenoxy) is 1. The number of hydrogen-bond donors (Lipinski definition) is 2. The van der Waals surface area contributed by atoms with E-state index >= 15 is 0 Å². The van der Waals surface area contributed by atoms with Gasteiger partial charge in [-0.2, -0.15) is 5.10 Å². The minimum absolute atomic E-state index is 0.154. The molecule has 2 N–H and O–H groups in total. The Morgan fingerprint density at radius 3 is 2.25 bits per heavy atom. The molecule has 4 aromatic rings. The minimum Gasteiger partial charge on any atom is -0.488 e. The number of amides is 1. The summed E-state index contributed by atoms with van der Waals surface area (Å²) >= 11 is 3.44. The molecule has 36 heavy (non-hydrogen) atoms. The third-order valence-electron chi connectivity index (χ3n) is 5.03. The molecule has 0 heterocycles. The van der Waals surface area contributed by atoms with E-state index in [0.29, 0.717) is 29.2 Å². The van der Waals surface area contributed by atoms with E-state index < -0.39 is 15.9 Å². The first-order valence-electron chi connectivity index (χ1n) is 10.9. The highest BCUT2D eigenvalue weighted by molar-refractivity contribution is 9.10. The van der Waals surface area contributed by atoms with Gasteiger partial charge in [-0.05, 0) is 60.2 Å². The summed E-state index contributed by atoms with van der Waals surface area (Å²) in [5, 5.41) is 4.06. The van der Waals surface area contributed by atoms with Crippen LogP contribution >= 0.6 is 15.9 Å². The highest BCUT2D eigenvalue weighted by atomic mass is 79.9. The SMILES string of the molecule is O=C(N/N=C\c1cc(Br)ccc1OCc1ccccc1)c1ccc(NS(=O)(=O)c2ccccc2)cc1. The zero-order valence-corrected chi connectivity index (χ0v) is 21.4. The third-order valence-corrected chi connectivity index (χ3v) is 6.92. The molecule has 0 spiro atoms. The molecule has 0 unspecified atom stereocenters. The molecule has 1 amide bonds. The predicted octanol–water partition coefficient (Wildman–Crippen LogP) is 5.59. The van der Waals surface area contributed by atoms with Crippen LogP contribution in [0.15, 0.2) is 118 Å². The topological polar surface area (TPSA) is 96.9 Å². The number of carbonyl (C=O) groups is 1. The summed E-state index contributed by atoms with van der Waals surface area (Å²) in [7, 11) is -3.71. The summed E-state index contributed by atoms with van der Waals surface area (Å²) in [6.07, 6.45) is 1.51. The Balaban J connectivity index is 1.38. The molecule has 0 fully saturated rings. The number of nitrogens with one attached hydrogen (secondary N) is 2. The first kappa shape index (κ1) is 25.2. The van der Waals surface area contributed by atoms with Crippen molar-refractivity contribution in [1.29, 1.82) is 0 Å². The number of sulfonamides is 1. The molecule has 0 aliphatic rings. The molecule has 4 rings (SSSR count). The maximum Gasteiger partial charge on any atom is 0.271 e. The molecule has 0 aliphatic carbocycles. The molecule has 0 atom stereocenters. The second kappa shape index (κ2) is 11.7. The molecule has 182 valence electrons. The highest BCUT2D eigenvalue weighted by Gasteiger charge is 2.14. The van der Waals surface area contributed by atoms with Crippen molar-refractivity contribution in [3.05, 3.63) is 124 Å². The quantitative estimate of drug-likeness (QED) is 0.205. The highest BCUT2D eigenvalue weighted by Crippen LogP contribution is 2.23. The first-order valence-corrected chi connectivity index (χ1v) is 13.2. The van der Waals surface area contributed by atoms with Crippen molar-refractivity contribution in [1.82, 2.24) is 5.43 Å². The average molecular weight is 564 g/mol. The summed E-state index contributed by atoms with van der Waals surface area (Å²) < 4.78 is 34.2. The summed E-state index contributed by atoms with van der Waals surface area (Å²) in [6, 6.07) is 29.4. The smallest absolute Gasteiger partial charge is 0.271 e. The number of rotatable bonds is 9. The van der Waals surface area contributed by atoms with Gasteiger partial charge in [-0.15, -0.1) is 0 Å². The van der Waals surface area contributed by atoms with Crippen LogP contribution in [0.3, 0.4) is 0 Å². The lowest BCUT2D eigenvalue weighted by Crippen LogP contribution is -2.18. The fraction of sp³-hybridized carbons (Fsp3) is 0.0370. The lowest BCUT2D eigenvalue weighted by atomic mass is 10.2. The van der Waals surface area contributed by atoms with Gasteiger partial charge < -0.3 is 4.74 Å². The molecule has 7 nitrogen and oxygen atoms in total. The summed E-state index contributed by atoms with van der Waals surface area (Å²) in [4.78, 5) is 12.7. The Hall–Kier alpha value is -3.95. The summed E-state index contributed by atoms with van der Waals surface area (Å²) in [5.74, 6) is 0.181. The van der Waals surface area contributed by atoms with Gasteiger partial charge in [-0.25, -0.2) is 13.8 Å². The lowest BCUT2D eigenvalue weighted by molar-refractivity contribution is 0.0955. The van der Waals surface area contributed by atoms with E-state index in [1.807, 2.05) is 48.5 Å². The van der Waals surface area contributed by atoms with Crippen LogP contribution in [0.1, 0.15) is 21.5 Å². The van der Waals surface area contributed by atoms with E-state index in [1.54, 1.807) is 18.2 Å². The van der Waals surface area contributed by atoms with Gasteiger partial charge in [0.15, 0.2) is 0 Å². The van der Waals surface area contributed by atoms with Crippen molar-refractivity contribution in [2.24, 2.45) is 5.10 Å². The number of halogens is 1. The molecule has 9 heteroatoms. The maximum absolute atomic E-state index is 12.5. The third kappa shape index (κ3) is 6.80. The first-order chi connectivity index (χ1) is 17.4. The monoisotopic (exact) mass is 563 g/mol. The van der Waals surface area contributed by atoms with E-state index in [9.17, 15) is 13.2 Å². The number of anilines is 1. The number of carbonyl (C=O) groups excluding carboxylic acids is 1. The standard InChI is InChI=1S/C27H22BrN3O4S/c28-23-13-16-26(35-19-20-7-3-1-4-8-20)22(17-23)18-29-30-27(32)21-11-14-24(15-12-21)31-36(33,34)25-9-5-2-6-10-25/h1-18,31H,19H2,(H,30,32)/b29-18-. The average Bonchev–Trinajstić information content (AvgIpc) is 2.89. The Bertz CT molecular complexity index is 1460. The fourth-order valence-corrected chi connectivity index (χ4v) is 4.67. The van der Waals surface area contributed by atoms with Crippen LogP contribution in [0.25, 0.3) is 0 Å². The van der Waals surface area contributed by atoms with Crippen LogP contribution in [0.2, 0.25) is 0 Å². The molecule has 0 saturated carbocycles. The van der Waals surface area contributed by atoms with Crippen LogP contribution in [-0.4, -0.2) is 20.5 Å². The van der Waals surface area contributed by atoms with Crippen LogP contribution in [0, 0.1) is 0 Å². The van der Waals surface area contributed by atoms with Crippen molar-refractivity contribution in [2.45, 2.75) is 11.5 Å². The van der Waals surface area contributed by atoms with Crippen molar-refractivity contribution in [3.63, 3.8) is 0 Å². The van der Waals surface area contributed by atoms with Crippen LogP contribution < -0.4 is 14.9 Å². The van der Waals surface area contributed by atoms with E-state index in [-0.39, 0.29) is 4.90 Å². The minimum atomic E-state index is -3.71. The van der Waals surface area contributed by atoms with Crippen molar-refractivity contribution >= 4 is 43.8 Å². The number of benzene rings is 4. The van der Waals surface area contributed by atoms with Gasteiger partial charge in [0.1, 0.15) is 12.4 Å². The number of nitrogens with zero attached hydrogens (tertiary/aromatic N) is 1.